The zero-order chi connectivity index (χ0) is 21.0. The molecule has 158 valence electrons. The predicted octanol–water partition coefficient (Wildman–Crippen LogP) is 4.04. The minimum Gasteiger partial charge on any atom is -0.497 e. The molecular formula is C24H27FN2O3. The average molecular weight is 410 g/mol. The standard InChI is InChI=1S/C24H27FN2O3/c1-29-21-6-3-19(4-7-21)24(10-14-30-15-11-24)17-26-23(28)9-13-27-12-8-18-2-5-20(25)16-22(18)27/h2-8,12,16H,9-11,13-15,17H2,1H3,(H,26,28). The van der Waals surface area contributed by atoms with Crippen molar-refractivity contribution in [2.45, 2.75) is 31.2 Å². The summed E-state index contributed by atoms with van der Waals surface area (Å²) >= 11 is 0. The number of fused-ring (bicyclic) bond motifs is 1. The van der Waals surface area contributed by atoms with Crippen molar-refractivity contribution in [3.8, 4) is 5.75 Å². The van der Waals surface area contributed by atoms with Crippen LogP contribution < -0.4 is 10.1 Å². The van der Waals surface area contributed by atoms with E-state index < -0.39 is 0 Å². The zero-order valence-corrected chi connectivity index (χ0v) is 17.2. The molecule has 1 fully saturated rings. The molecule has 1 aliphatic heterocycles. The molecule has 1 saturated heterocycles. The number of hydrogen-bond donors (Lipinski definition) is 1. The zero-order valence-electron chi connectivity index (χ0n) is 17.2. The summed E-state index contributed by atoms with van der Waals surface area (Å²) in [7, 11) is 1.65. The monoisotopic (exact) mass is 410 g/mol. The number of hydrogen-bond acceptors (Lipinski definition) is 3. The molecule has 5 nitrogen and oxygen atoms in total. The summed E-state index contributed by atoms with van der Waals surface area (Å²) in [5, 5.41) is 4.10. The largest absolute Gasteiger partial charge is 0.497 e. The Kier molecular flexibility index (Phi) is 6.04. The average Bonchev–Trinajstić information content (AvgIpc) is 3.19. The SMILES string of the molecule is COc1ccc(C2(CNC(=O)CCn3ccc4ccc(F)cc43)CCOCC2)cc1. The number of benzene rings is 2. The van der Waals surface area contributed by atoms with Crippen LogP contribution in [0.3, 0.4) is 0 Å². The highest BCUT2D eigenvalue weighted by atomic mass is 19.1. The molecule has 0 aliphatic carbocycles. The molecule has 0 radical (unpaired) electrons. The Bertz CT molecular complexity index is 1010. The van der Waals surface area contributed by atoms with Crippen molar-refractivity contribution in [2.24, 2.45) is 0 Å². The van der Waals surface area contributed by atoms with Gasteiger partial charge in [0.1, 0.15) is 11.6 Å². The molecule has 4 rings (SSSR count). The summed E-state index contributed by atoms with van der Waals surface area (Å²) in [6.45, 7) is 2.45. The van der Waals surface area contributed by atoms with Crippen LogP contribution in [0.4, 0.5) is 4.39 Å². The Morgan fingerprint density at radius 1 is 1.17 bits per heavy atom. The summed E-state index contributed by atoms with van der Waals surface area (Å²) in [5.41, 5.74) is 1.87. The molecule has 1 amide bonds. The molecule has 0 unspecified atom stereocenters. The van der Waals surface area contributed by atoms with Crippen LogP contribution in [0.1, 0.15) is 24.8 Å². The van der Waals surface area contributed by atoms with Gasteiger partial charge in [-0.1, -0.05) is 12.1 Å². The Morgan fingerprint density at radius 3 is 2.67 bits per heavy atom. The first-order valence-corrected chi connectivity index (χ1v) is 10.3. The van der Waals surface area contributed by atoms with Crippen LogP contribution in [0.5, 0.6) is 5.75 Å². The van der Waals surface area contributed by atoms with Gasteiger partial charge in [-0.05, 0) is 60.2 Å². The summed E-state index contributed by atoms with van der Waals surface area (Å²) in [6.07, 6.45) is 3.96. The van der Waals surface area contributed by atoms with Gasteiger partial charge in [0.05, 0.1) is 12.6 Å². The topological polar surface area (TPSA) is 52.5 Å². The smallest absolute Gasteiger partial charge is 0.221 e. The minimum absolute atomic E-state index is 0.00682. The molecular weight excluding hydrogens is 383 g/mol. The van der Waals surface area contributed by atoms with Gasteiger partial charge in [-0.25, -0.2) is 4.39 Å². The number of aryl methyl sites for hydroxylation is 1. The molecule has 30 heavy (non-hydrogen) atoms. The fourth-order valence-electron chi connectivity index (χ4n) is 4.20. The lowest BCUT2D eigenvalue weighted by Gasteiger charge is -2.38. The van der Waals surface area contributed by atoms with Crippen molar-refractivity contribution in [1.82, 2.24) is 9.88 Å². The van der Waals surface area contributed by atoms with Gasteiger partial charge in [0.25, 0.3) is 0 Å². The van der Waals surface area contributed by atoms with E-state index >= 15 is 0 Å². The lowest BCUT2D eigenvalue weighted by atomic mass is 9.74. The van der Waals surface area contributed by atoms with Crippen molar-refractivity contribution in [3.63, 3.8) is 0 Å². The van der Waals surface area contributed by atoms with E-state index in [0.29, 0.717) is 32.7 Å². The van der Waals surface area contributed by atoms with Gasteiger partial charge in [0.15, 0.2) is 0 Å². The first-order chi connectivity index (χ1) is 14.6. The molecule has 3 aromatic rings. The van der Waals surface area contributed by atoms with E-state index in [4.69, 9.17) is 9.47 Å². The van der Waals surface area contributed by atoms with Gasteiger partial charge < -0.3 is 19.4 Å². The Hall–Kier alpha value is -2.86. The number of rotatable bonds is 7. The normalized spacial score (nSPS) is 15.8. The molecule has 1 aromatic heterocycles. The highest BCUT2D eigenvalue weighted by molar-refractivity contribution is 5.80. The molecule has 2 heterocycles. The van der Waals surface area contributed by atoms with E-state index in [-0.39, 0.29) is 17.1 Å². The van der Waals surface area contributed by atoms with E-state index in [0.717, 1.165) is 29.5 Å². The molecule has 2 aromatic carbocycles. The molecule has 0 atom stereocenters. The highest BCUT2D eigenvalue weighted by Crippen LogP contribution is 2.35. The number of ether oxygens (including phenoxy) is 2. The van der Waals surface area contributed by atoms with Crippen molar-refractivity contribution in [1.29, 1.82) is 0 Å². The van der Waals surface area contributed by atoms with Crippen LogP contribution >= 0.6 is 0 Å². The first kappa shape index (κ1) is 20.4. The van der Waals surface area contributed by atoms with Crippen molar-refractivity contribution in [3.05, 3.63) is 66.1 Å². The van der Waals surface area contributed by atoms with E-state index in [2.05, 4.69) is 17.4 Å². The quantitative estimate of drug-likeness (QED) is 0.640. The van der Waals surface area contributed by atoms with Crippen molar-refractivity contribution >= 4 is 16.8 Å². The number of carbonyl (C=O) groups is 1. The Balaban J connectivity index is 1.40. The van der Waals surface area contributed by atoms with Gasteiger partial charge in [0.2, 0.25) is 5.91 Å². The van der Waals surface area contributed by atoms with Crippen LogP contribution in [-0.2, 0) is 21.5 Å². The third-order valence-corrected chi connectivity index (χ3v) is 6.09. The van der Waals surface area contributed by atoms with E-state index in [1.54, 1.807) is 13.2 Å². The maximum Gasteiger partial charge on any atom is 0.221 e. The number of aromatic nitrogens is 1. The lowest BCUT2D eigenvalue weighted by Crippen LogP contribution is -2.44. The van der Waals surface area contributed by atoms with Gasteiger partial charge in [-0.15, -0.1) is 0 Å². The third kappa shape index (κ3) is 4.33. The molecule has 0 bridgehead atoms. The second-order valence-electron chi connectivity index (χ2n) is 7.86. The van der Waals surface area contributed by atoms with Gasteiger partial charge in [-0.3, -0.25) is 4.79 Å². The first-order valence-electron chi connectivity index (χ1n) is 10.3. The van der Waals surface area contributed by atoms with Crippen molar-refractivity contribution in [2.75, 3.05) is 26.9 Å². The molecule has 1 aliphatic rings. The second-order valence-corrected chi connectivity index (χ2v) is 7.86. The Labute approximate surface area is 175 Å². The van der Waals surface area contributed by atoms with Crippen molar-refractivity contribution < 1.29 is 18.7 Å². The molecule has 1 N–H and O–H groups in total. The summed E-state index contributed by atoms with van der Waals surface area (Å²) in [4.78, 5) is 12.6. The summed E-state index contributed by atoms with van der Waals surface area (Å²) in [5.74, 6) is 0.542. The van der Waals surface area contributed by atoms with E-state index in [9.17, 15) is 9.18 Å². The summed E-state index contributed by atoms with van der Waals surface area (Å²) in [6, 6.07) is 14.7. The van der Waals surface area contributed by atoms with Crippen LogP contribution in [0.2, 0.25) is 0 Å². The molecule has 6 heteroatoms. The fraction of sp³-hybridized carbons (Fsp3) is 0.375. The number of methoxy groups -OCH3 is 1. The van der Waals surface area contributed by atoms with Crippen LogP contribution in [-0.4, -0.2) is 37.3 Å². The molecule has 0 spiro atoms. The number of carbonyl (C=O) groups excluding carboxylic acids is 1. The van der Waals surface area contributed by atoms with Crippen LogP contribution in [0, 0.1) is 5.82 Å². The second kappa shape index (κ2) is 8.88. The fourth-order valence-corrected chi connectivity index (χ4v) is 4.20. The minimum atomic E-state index is -0.271. The maximum atomic E-state index is 13.6. The van der Waals surface area contributed by atoms with Gasteiger partial charge in [-0.2, -0.15) is 0 Å². The number of amides is 1. The number of nitrogens with one attached hydrogen (secondary N) is 1. The van der Waals surface area contributed by atoms with E-state index in [1.807, 2.05) is 29.0 Å². The Morgan fingerprint density at radius 2 is 1.93 bits per heavy atom. The van der Waals surface area contributed by atoms with Gasteiger partial charge in [0, 0.05) is 44.3 Å². The van der Waals surface area contributed by atoms with Gasteiger partial charge >= 0.3 is 0 Å². The summed E-state index contributed by atoms with van der Waals surface area (Å²) < 4.78 is 26.3. The van der Waals surface area contributed by atoms with Crippen LogP contribution in [0.15, 0.2) is 54.7 Å². The predicted molar refractivity (Wildman–Crippen MR) is 114 cm³/mol. The third-order valence-electron chi connectivity index (χ3n) is 6.09. The maximum absolute atomic E-state index is 13.6. The number of halogens is 1. The van der Waals surface area contributed by atoms with Crippen LogP contribution in [0.25, 0.3) is 10.9 Å². The van der Waals surface area contributed by atoms with E-state index in [1.165, 1.54) is 17.7 Å². The number of nitrogens with zero attached hydrogens (tertiary/aromatic N) is 1. The molecule has 0 saturated carbocycles. The lowest BCUT2D eigenvalue weighted by molar-refractivity contribution is -0.121. The highest BCUT2D eigenvalue weighted by Gasteiger charge is 2.34.